The quantitative estimate of drug-likeness (QED) is 0.780. The van der Waals surface area contributed by atoms with E-state index in [1.54, 1.807) is 12.1 Å². The third-order valence-corrected chi connectivity index (χ3v) is 3.33. The van der Waals surface area contributed by atoms with Crippen LogP contribution in [0.5, 0.6) is 0 Å². The van der Waals surface area contributed by atoms with E-state index in [0.717, 1.165) is 18.4 Å². The number of aryl methyl sites for hydroxylation is 2. The van der Waals surface area contributed by atoms with Gasteiger partial charge in [0.05, 0.1) is 5.97 Å². The Kier molecular flexibility index (Phi) is 1.99. The van der Waals surface area contributed by atoms with Gasteiger partial charge in [-0.05, 0) is 42.9 Å². The lowest BCUT2D eigenvalue weighted by Gasteiger charge is -2.10. The van der Waals surface area contributed by atoms with E-state index >= 15 is 0 Å². The van der Waals surface area contributed by atoms with E-state index < -0.39 is 5.97 Å². The molecule has 0 fully saturated rings. The van der Waals surface area contributed by atoms with Crippen LogP contribution in [-0.4, -0.2) is 11.0 Å². The lowest BCUT2D eigenvalue weighted by atomic mass is 9.95. The van der Waals surface area contributed by atoms with Crippen LogP contribution in [0.15, 0.2) is 18.2 Å². The molecular formula is C13H12NO2-. The fraction of sp³-hybridized carbons (Fsp3) is 0.308. The van der Waals surface area contributed by atoms with Crippen LogP contribution in [-0.2, 0) is 12.8 Å². The Labute approximate surface area is 93.1 Å². The minimum Gasteiger partial charge on any atom is -0.545 e. The number of carbonyl (C=O) groups is 1. The number of hydrogen-bond acceptors (Lipinski definition) is 2. The van der Waals surface area contributed by atoms with E-state index in [9.17, 15) is 9.90 Å². The fourth-order valence-corrected chi connectivity index (χ4v) is 2.54. The molecule has 3 heteroatoms. The number of carboxylic acids is 1. The third-order valence-electron chi connectivity index (χ3n) is 3.33. The number of aromatic nitrogens is 1. The number of aromatic amines is 1. The number of hydrogen-bond donors (Lipinski definition) is 1. The summed E-state index contributed by atoms with van der Waals surface area (Å²) in [4.78, 5) is 14.1. The minimum atomic E-state index is -1.12. The van der Waals surface area contributed by atoms with Crippen molar-refractivity contribution in [3.63, 3.8) is 0 Å². The molecule has 3 rings (SSSR count). The zero-order chi connectivity index (χ0) is 11.1. The van der Waals surface area contributed by atoms with Gasteiger partial charge < -0.3 is 14.9 Å². The molecule has 0 saturated carbocycles. The molecular weight excluding hydrogens is 202 g/mol. The Morgan fingerprint density at radius 2 is 2.06 bits per heavy atom. The molecule has 0 spiro atoms. The maximum atomic E-state index is 10.8. The summed E-state index contributed by atoms with van der Waals surface area (Å²) in [6, 6.07) is 5.19. The Morgan fingerprint density at radius 1 is 1.25 bits per heavy atom. The largest absolute Gasteiger partial charge is 0.545 e. The topological polar surface area (TPSA) is 55.9 Å². The third kappa shape index (κ3) is 1.32. The molecule has 0 saturated heterocycles. The van der Waals surface area contributed by atoms with Gasteiger partial charge in [0.25, 0.3) is 0 Å². The van der Waals surface area contributed by atoms with Gasteiger partial charge in [0.1, 0.15) is 0 Å². The normalized spacial score (nSPS) is 15.0. The van der Waals surface area contributed by atoms with Gasteiger partial charge in [-0.15, -0.1) is 0 Å². The van der Waals surface area contributed by atoms with Gasteiger partial charge in [-0.1, -0.05) is 12.1 Å². The number of benzene rings is 1. The van der Waals surface area contributed by atoms with E-state index in [1.165, 1.54) is 29.5 Å². The highest BCUT2D eigenvalue weighted by atomic mass is 16.4. The average molecular weight is 214 g/mol. The lowest BCUT2D eigenvalue weighted by Crippen LogP contribution is -2.21. The maximum Gasteiger partial charge on any atom is 0.0716 e. The van der Waals surface area contributed by atoms with Crippen molar-refractivity contribution in [2.24, 2.45) is 0 Å². The average Bonchev–Trinajstić information content (AvgIpc) is 2.66. The van der Waals surface area contributed by atoms with E-state index in [4.69, 9.17) is 0 Å². The molecule has 2 aromatic rings. The molecule has 1 heterocycles. The van der Waals surface area contributed by atoms with Crippen molar-refractivity contribution in [1.29, 1.82) is 0 Å². The van der Waals surface area contributed by atoms with Gasteiger partial charge in [-0.25, -0.2) is 0 Å². The van der Waals surface area contributed by atoms with Crippen LogP contribution in [0, 0.1) is 0 Å². The summed E-state index contributed by atoms with van der Waals surface area (Å²) in [7, 11) is 0. The highest BCUT2D eigenvalue weighted by Gasteiger charge is 2.15. The molecule has 0 bridgehead atoms. The second-order valence-corrected chi connectivity index (χ2v) is 4.34. The van der Waals surface area contributed by atoms with Crippen LogP contribution in [0.4, 0.5) is 0 Å². The second kappa shape index (κ2) is 3.37. The molecule has 16 heavy (non-hydrogen) atoms. The van der Waals surface area contributed by atoms with E-state index in [0.29, 0.717) is 0 Å². The van der Waals surface area contributed by atoms with Gasteiger partial charge in [-0.3, -0.25) is 0 Å². The van der Waals surface area contributed by atoms with Gasteiger partial charge in [0, 0.05) is 16.6 Å². The van der Waals surface area contributed by atoms with Crippen molar-refractivity contribution in [3.8, 4) is 0 Å². The molecule has 1 aromatic heterocycles. The van der Waals surface area contributed by atoms with Crippen LogP contribution >= 0.6 is 0 Å². The van der Waals surface area contributed by atoms with E-state index in [2.05, 4.69) is 4.98 Å². The Morgan fingerprint density at radius 3 is 2.88 bits per heavy atom. The Hall–Kier alpha value is -1.77. The highest BCUT2D eigenvalue weighted by Crippen LogP contribution is 2.29. The van der Waals surface area contributed by atoms with Gasteiger partial charge in [0.2, 0.25) is 0 Å². The van der Waals surface area contributed by atoms with Gasteiger partial charge in [-0.2, -0.15) is 0 Å². The minimum absolute atomic E-state index is 0.242. The molecule has 1 aliphatic carbocycles. The summed E-state index contributed by atoms with van der Waals surface area (Å²) in [6.45, 7) is 0. The Bertz CT molecular complexity index is 569. The van der Waals surface area contributed by atoms with Crippen LogP contribution in [0.1, 0.15) is 34.5 Å². The summed E-state index contributed by atoms with van der Waals surface area (Å²) in [6.07, 6.45) is 4.61. The van der Waals surface area contributed by atoms with Crippen molar-refractivity contribution in [3.05, 3.63) is 35.0 Å². The number of rotatable bonds is 1. The van der Waals surface area contributed by atoms with E-state index in [-0.39, 0.29) is 5.56 Å². The number of fused-ring (bicyclic) bond motifs is 3. The maximum absolute atomic E-state index is 10.8. The summed E-state index contributed by atoms with van der Waals surface area (Å²) in [5, 5.41) is 11.9. The van der Waals surface area contributed by atoms with Crippen LogP contribution in [0.25, 0.3) is 10.9 Å². The second-order valence-electron chi connectivity index (χ2n) is 4.34. The molecule has 1 aromatic carbocycles. The Balaban J connectivity index is 2.22. The first kappa shape index (κ1) is 9.46. The van der Waals surface area contributed by atoms with Crippen molar-refractivity contribution in [2.75, 3.05) is 0 Å². The number of H-pyrrole nitrogens is 1. The van der Waals surface area contributed by atoms with Gasteiger partial charge in [0.15, 0.2) is 0 Å². The molecule has 0 unspecified atom stereocenters. The number of aromatic carboxylic acids is 1. The van der Waals surface area contributed by atoms with Crippen LogP contribution < -0.4 is 5.11 Å². The molecule has 1 N–H and O–H groups in total. The smallest absolute Gasteiger partial charge is 0.0716 e. The fourth-order valence-electron chi connectivity index (χ4n) is 2.54. The highest BCUT2D eigenvalue weighted by molar-refractivity contribution is 5.93. The monoisotopic (exact) mass is 214 g/mol. The molecule has 1 aliphatic rings. The predicted molar refractivity (Wildman–Crippen MR) is 59.3 cm³/mol. The molecule has 82 valence electrons. The van der Waals surface area contributed by atoms with Crippen molar-refractivity contribution < 1.29 is 9.90 Å². The summed E-state index contributed by atoms with van der Waals surface area (Å²) < 4.78 is 0. The molecule has 0 atom stereocenters. The standard InChI is InChI=1S/C13H13NO2/c15-13(16)8-5-6-10-9-3-1-2-4-11(9)14-12(10)7-8/h5-7,14H,1-4H2,(H,15,16)/p-1. The number of nitrogens with one attached hydrogen (secondary N) is 1. The SMILES string of the molecule is O=C([O-])c1ccc2c3c([nH]c2c1)CCCC3. The first-order chi connectivity index (χ1) is 7.75. The van der Waals surface area contributed by atoms with Crippen molar-refractivity contribution in [2.45, 2.75) is 25.7 Å². The summed E-state index contributed by atoms with van der Waals surface area (Å²) >= 11 is 0. The number of carbonyl (C=O) groups excluding carboxylic acids is 1. The van der Waals surface area contributed by atoms with Crippen molar-refractivity contribution in [1.82, 2.24) is 4.98 Å². The first-order valence-corrected chi connectivity index (χ1v) is 5.60. The first-order valence-electron chi connectivity index (χ1n) is 5.60. The molecule has 0 amide bonds. The predicted octanol–water partition coefficient (Wildman–Crippen LogP) is 1.41. The van der Waals surface area contributed by atoms with Crippen LogP contribution in [0.3, 0.4) is 0 Å². The molecule has 0 radical (unpaired) electrons. The van der Waals surface area contributed by atoms with Crippen LogP contribution in [0.2, 0.25) is 0 Å². The van der Waals surface area contributed by atoms with E-state index in [1.807, 2.05) is 6.07 Å². The number of carboxylic acid groups (broad SMARTS) is 1. The molecule has 3 nitrogen and oxygen atoms in total. The zero-order valence-electron chi connectivity index (χ0n) is 8.88. The van der Waals surface area contributed by atoms with Crippen molar-refractivity contribution >= 4 is 16.9 Å². The molecule has 0 aliphatic heterocycles. The summed E-state index contributed by atoms with van der Waals surface area (Å²) in [5.74, 6) is -1.12. The summed E-state index contributed by atoms with van der Waals surface area (Å²) in [5.41, 5.74) is 3.81. The van der Waals surface area contributed by atoms with Gasteiger partial charge >= 0.3 is 0 Å². The lowest BCUT2D eigenvalue weighted by molar-refractivity contribution is -0.255. The zero-order valence-corrected chi connectivity index (χ0v) is 8.88.